The molecule has 4 nitrogen and oxygen atoms in total. The number of amides is 1. The Labute approximate surface area is 102 Å². The molecule has 0 unspecified atom stereocenters. The third kappa shape index (κ3) is 4.59. The highest BCUT2D eigenvalue weighted by molar-refractivity contribution is 5.85. The summed E-state index contributed by atoms with van der Waals surface area (Å²) in [5.41, 5.74) is 0. The van der Waals surface area contributed by atoms with Crippen LogP contribution in [-0.4, -0.2) is 24.5 Å². The van der Waals surface area contributed by atoms with Gasteiger partial charge in [0.2, 0.25) is 5.91 Å². The monoisotopic (exact) mass is 239 g/mol. The number of carbonyl (C=O) groups excluding carboxylic acids is 2. The minimum absolute atomic E-state index is 0.0206. The molecule has 0 bridgehead atoms. The molecule has 96 valence electrons. The molecule has 0 aromatic rings. The Balaban J connectivity index is 2.33. The molecule has 0 aromatic carbocycles. The minimum Gasteiger partial charge on any atom is -0.460 e. The van der Waals surface area contributed by atoms with Crippen LogP contribution >= 0.6 is 0 Å². The van der Waals surface area contributed by atoms with Gasteiger partial charge in [0.25, 0.3) is 0 Å². The van der Waals surface area contributed by atoms with Gasteiger partial charge in [0.05, 0.1) is 0 Å². The van der Waals surface area contributed by atoms with E-state index in [0.29, 0.717) is 0 Å². The zero-order chi connectivity index (χ0) is 12.7. The molecule has 0 aromatic heterocycles. The van der Waals surface area contributed by atoms with Gasteiger partial charge in [-0.15, -0.1) is 0 Å². The van der Waals surface area contributed by atoms with Crippen molar-refractivity contribution in [3.05, 3.63) is 12.7 Å². The van der Waals surface area contributed by atoms with Crippen LogP contribution in [0.2, 0.25) is 0 Å². The standard InChI is InChI=1S/C13H21NO3/c1-3-9-17-13(16)10(2)14-12(15)11-7-5-4-6-8-11/h3,10-11H,1,4-9H2,2H3,(H,14,15)/t10-/m0/s1. The van der Waals surface area contributed by atoms with Crippen molar-refractivity contribution in [3.8, 4) is 0 Å². The third-order valence-corrected chi connectivity index (χ3v) is 3.03. The Hall–Kier alpha value is -1.32. The summed E-state index contributed by atoms with van der Waals surface area (Å²) in [5.74, 6) is -0.361. The van der Waals surface area contributed by atoms with Crippen LogP contribution in [-0.2, 0) is 14.3 Å². The summed E-state index contributed by atoms with van der Waals surface area (Å²) >= 11 is 0. The van der Waals surface area contributed by atoms with E-state index in [9.17, 15) is 9.59 Å². The summed E-state index contributed by atoms with van der Waals surface area (Å²) in [7, 11) is 0. The van der Waals surface area contributed by atoms with Crippen molar-refractivity contribution in [1.82, 2.24) is 5.32 Å². The molecule has 1 N–H and O–H groups in total. The lowest BCUT2D eigenvalue weighted by Gasteiger charge is -2.22. The molecule has 1 amide bonds. The molecular weight excluding hydrogens is 218 g/mol. The van der Waals surface area contributed by atoms with Gasteiger partial charge in [0.15, 0.2) is 0 Å². The molecule has 0 spiro atoms. The minimum atomic E-state index is -0.579. The van der Waals surface area contributed by atoms with Gasteiger partial charge < -0.3 is 10.1 Å². The Morgan fingerprint density at radius 3 is 2.65 bits per heavy atom. The van der Waals surface area contributed by atoms with Crippen LogP contribution in [0, 0.1) is 5.92 Å². The molecule has 4 heteroatoms. The fraction of sp³-hybridized carbons (Fsp3) is 0.692. The first-order chi connectivity index (χ1) is 8.15. The van der Waals surface area contributed by atoms with E-state index in [1.807, 2.05) is 0 Å². The summed E-state index contributed by atoms with van der Waals surface area (Å²) in [6.45, 7) is 5.29. The maximum Gasteiger partial charge on any atom is 0.328 e. The van der Waals surface area contributed by atoms with Gasteiger partial charge >= 0.3 is 5.97 Å². The SMILES string of the molecule is C=CCOC(=O)[C@H](C)NC(=O)C1CCCCC1. The molecule has 0 aliphatic heterocycles. The van der Waals surface area contributed by atoms with Gasteiger partial charge in [-0.3, -0.25) is 4.79 Å². The van der Waals surface area contributed by atoms with Crippen LogP contribution in [0.15, 0.2) is 12.7 Å². The van der Waals surface area contributed by atoms with Crippen LogP contribution in [0.25, 0.3) is 0 Å². The van der Waals surface area contributed by atoms with Crippen molar-refractivity contribution in [1.29, 1.82) is 0 Å². The quantitative estimate of drug-likeness (QED) is 0.588. The molecule has 1 saturated carbocycles. The van der Waals surface area contributed by atoms with E-state index in [0.717, 1.165) is 25.7 Å². The molecule has 1 rings (SSSR count). The Morgan fingerprint density at radius 2 is 2.06 bits per heavy atom. The van der Waals surface area contributed by atoms with Crippen molar-refractivity contribution >= 4 is 11.9 Å². The zero-order valence-corrected chi connectivity index (χ0v) is 10.4. The molecule has 17 heavy (non-hydrogen) atoms. The number of nitrogens with one attached hydrogen (secondary N) is 1. The predicted molar refractivity (Wildman–Crippen MR) is 65.3 cm³/mol. The number of hydrogen-bond donors (Lipinski definition) is 1. The number of carbonyl (C=O) groups is 2. The molecule has 1 aliphatic carbocycles. The lowest BCUT2D eigenvalue weighted by molar-refractivity contribution is -0.146. The Bertz CT molecular complexity index is 282. The van der Waals surface area contributed by atoms with E-state index < -0.39 is 12.0 Å². The maximum absolute atomic E-state index is 11.8. The van der Waals surface area contributed by atoms with Crippen LogP contribution in [0.3, 0.4) is 0 Å². The van der Waals surface area contributed by atoms with Gasteiger partial charge in [0.1, 0.15) is 12.6 Å². The maximum atomic E-state index is 11.8. The lowest BCUT2D eigenvalue weighted by Crippen LogP contribution is -2.43. The third-order valence-electron chi connectivity index (χ3n) is 3.03. The number of ether oxygens (including phenoxy) is 1. The summed E-state index contributed by atoms with van der Waals surface area (Å²) in [4.78, 5) is 23.3. The molecule has 1 fully saturated rings. The normalized spacial score (nSPS) is 18.2. The van der Waals surface area contributed by atoms with E-state index >= 15 is 0 Å². The molecular formula is C13H21NO3. The number of hydrogen-bond acceptors (Lipinski definition) is 3. The summed E-state index contributed by atoms with van der Waals surface area (Å²) in [6, 6.07) is -0.579. The highest BCUT2D eigenvalue weighted by Crippen LogP contribution is 2.23. The molecule has 0 heterocycles. The molecule has 0 radical (unpaired) electrons. The second-order valence-electron chi connectivity index (χ2n) is 4.48. The molecule has 1 aliphatic rings. The Morgan fingerprint density at radius 1 is 1.41 bits per heavy atom. The van der Waals surface area contributed by atoms with Gasteiger partial charge in [-0.25, -0.2) is 4.79 Å². The molecule has 0 saturated heterocycles. The van der Waals surface area contributed by atoms with E-state index in [-0.39, 0.29) is 18.4 Å². The van der Waals surface area contributed by atoms with E-state index in [1.165, 1.54) is 12.5 Å². The van der Waals surface area contributed by atoms with Crippen molar-refractivity contribution in [2.24, 2.45) is 5.92 Å². The van der Waals surface area contributed by atoms with Crippen molar-refractivity contribution in [2.45, 2.75) is 45.1 Å². The summed E-state index contributed by atoms with van der Waals surface area (Å²) < 4.78 is 4.87. The van der Waals surface area contributed by atoms with Crippen LogP contribution in [0.5, 0.6) is 0 Å². The summed E-state index contributed by atoms with van der Waals surface area (Å²) in [6.07, 6.45) is 6.79. The van der Waals surface area contributed by atoms with Gasteiger partial charge in [-0.05, 0) is 19.8 Å². The lowest BCUT2D eigenvalue weighted by atomic mass is 9.88. The fourth-order valence-electron chi connectivity index (χ4n) is 2.02. The van der Waals surface area contributed by atoms with Gasteiger partial charge in [0, 0.05) is 5.92 Å². The molecule has 1 atom stereocenters. The number of rotatable bonds is 5. The number of esters is 1. The van der Waals surface area contributed by atoms with E-state index in [1.54, 1.807) is 6.92 Å². The van der Waals surface area contributed by atoms with Crippen LogP contribution < -0.4 is 5.32 Å². The Kier molecular flexibility index (Phi) is 5.73. The van der Waals surface area contributed by atoms with Crippen LogP contribution in [0.4, 0.5) is 0 Å². The van der Waals surface area contributed by atoms with E-state index in [4.69, 9.17) is 4.74 Å². The van der Waals surface area contributed by atoms with Crippen molar-refractivity contribution < 1.29 is 14.3 Å². The van der Waals surface area contributed by atoms with Gasteiger partial charge in [-0.2, -0.15) is 0 Å². The topological polar surface area (TPSA) is 55.4 Å². The van der Waals surface area contributed by atoms with E-state index in [2.05, 4.69) is 11.9 Å². The van der Waals surface area contributed by atoms with Crippen LogP contribution in [0.1, 0.15) is 39.0 Å². The highest BCUT2D eigenvalue weighted by atomic mass is 16.5. The second kappa shape index (κ2) is 7.09. The average molecular weight is 239 g/mol. The average Bonchev–Trinajstić information content (AvgIpc) is 2.36. The summed E-state index contributed by atoms with van der Waals surface area (Å²) in [5, 5.41) is 2.71. The second-order valence-corrected chi connectivity index (χ2v) is 4.48. The van der Waals surface area contributed by atoms with Crippen molar-refractivity contribution in [2.75, 3.05) is 6.61 Å². The van der Waals surface area contributed by atoms with Crippen molar-refractivity contribution in [3.63, 3.8) is 0 Å². The predicted octanol–water partition coefficient (Wildman–Crippen LogP) is 1.80. The highest BCUT2D eigenvalue weighted by Gasteiger charge is 2.24. The smallest absolute Gasteiger partial charge is 0.328 e. The van der Waals surface area contributed by atoms with Gasteiger partial charge in [-0.1, -0.05) is 31.9 Å². The zero-order valence-electron chi connectivity index (χ0n) is 10.4. The first kappa shape index (κ1) is 13.7. The first-order valence-electron chi connectivity index (χ1n) is 6.23. The fourth-order valence-corrected chi connectivity index (χ4v) is 2.02. The first-order valence-corrected chi connectivity index (χ1v) is 6.23. The largest absolute Gasteiger partial charge is 0.460 e.